The first kappa shape index (κ1) is 25.1. The van der Waals surface area contributed by atoms with Crippen LogP contribution in [0.4, 0.5) is 24.8 Å². The molecule has 3 aromatic rings. The van der Waals surface area contributed by atoms with Crippen molar-refractivity contribution in [1.82, 2.24) is 20.3 Å². The molecule has 8 nitrogen and oxygen atoms in total. The van der Waals surface area contributed by atoms with Gasteiger partial charge in [-0.05, 0) is 43.2 Å². The monoisotopic (exact) mass is 493 g/mol. The van der Waals surface area contributed by atoms with Crippen molar-refractivity contribution in [2.24, 2.45) is 0 Å². The first-order valence-electron chi connectivity index (χ1n) is 10.2. The number of hydrogen-bond donors (Lipinski definition) is 2. The Kier molecular flexibility index (Phi) is 7.82. The molecule has 0 unspecified atom stereocenters. The van der Waals surface area contributed by atoms with Gasteiger partial charge < -0.3 is 15.4 Å². The standard InChI is InChI=1S/C22H22F3N5O3S/c1-12-8-14(10-15(9-12)29-21-26-7-6-17(30-21)22(23,24)25)16-11-27-19(34-16)5-4-18(31)28-13(2)20(32)33-3/h6-11,13H,4-5H2,1-3H3,(H,28,31)(H,26,29,30)/t13-/m0/s1. The van der Waals surface area contributed by atoms with Crippen molar-refractivity contribution in [1.29, 1.82) is 0 Å². The van der Waals surface area contributed by atoms with Gasteiger partial charge in [-0.15, -0.1) is 11.3 Å². The fraction of sp³-hybridized carbons (Fsp3) is 0.318. The van der Waals surface area contributed by atoms with Crippen molar-refractivity contribution in [3.8, 4) is 10.4 Å². The molecule has 0 bridgehead atoms. The number of alkyl halides is 3. The number of aryl methyl sites for hydroxylation is 2. The van der Waals surface area contributed by atoms with Gasteiger partial charge in [0.15, 0.2) is 0 Å². The maximum atomic E-state index is 12.9. The Labute approximate surface area is 197 Å². The Hall–Kier alpha value is -3.54. The van der Waals surface area contributed by atoms with Crippen LogP contribution in [0.2, 0.25) is 0 Å². The summed E-state index contributed by atoms with van der Waals surface area (Å²) in [5, 5.41) is 6.11. The summed E-state index contributed by atoms with van der Waals surface area (Å²) in [6, 6.07) is 5.52. The quantitative estimate of drug-likeness (QED) is 0.451. The molecule has 3 rings (SSSR count). The molecule has 0 aliphatic heterocycles. The molecule has 1 aromatic carbocycles. The molecule has 0 radical (unpaired) electrons. The van der Waals surface area contributed by atoms with E-state index in [1.54, 1.807) is 25.3 Å². The predicted molar refractivity (Wildman–Crippen MR) is 121 cm³/mol. The van der Waals surface area contributed by atoms with Gasteiger partial charge in [0, 0.05) is 30.9 Å². The Morgan fingerprint density at radius 1 is 1.21 bits per heavy atom. The second-order valence-electron chi connectivity index (χ2n) is 7.41. The lowest BCUT2D eigenvalue weighted by Crippen LogP contribution is -2.39. The third-order valence-electron chi connectivity index (χ3n) is 4.62. The number of esters is 1. The van der Waals surface area contributed by atoms with Gasteiger partial charge >= 0.3 is 12.1 Å². The number of ether oxygens (including phenoxy) is 1. The molecule has 2 N–H and O–H groups in total. The zero-order chi connectivity index (χ0) is 24.9. The van der Waals surface area contributed by atoms with E-state index in [1.165, 1.54) is 18.4 Å². The SMILES string of the molecule is COC(=O)[C@H](C)NC(=O)CCc1ncc(-c2cc(C)cc(Nc3nccc(C(F)(F)F)n3)c2)s1. The smallest absolute Gasteiger partial charge is 0.433 e. The van der Waals surface area contributed by atoms with E-state index in [9.17, 15) is 22.8 Å². The number of methoxy groups -OCH3 is 1. The van der Waals surface area contributed by atoms with Crippen molar-refractivity contribution in [2.45, 2.75) is 38.9 Å². The fourth-order valence-electron chi connectivity index (χ4n) is 3.03. The van der Waals surface area contributed by atoms with Gasteiger partial charge in [0.05, 0.1) is 17.0 Å². The van der Waals surface area contributed by atoms with E-state index in [4.69, 9.17) is 0 Å². The van der Waals surface area contributed by atoms with Crippen molar-refractivity contribution in [3.05, 3.63) is 52.9 Å². The Morgan fingerprint density at radius 2 is 1.97 bits per heavy atom. The summed E-state index contributed by atoms with van der Waals surface area (Å²) < 4.78 is 43.3. The van der Waals surface area contributed by atoms with Crippen LogP contribution >= 0.6 is 11.3 Å². The maximum absolute atomic E-state index is 12.9. The van der Waals surface area contributed by atoms with E-state index >= 15 is 0 Å². The van der Waals surface area contributed by atoms with E-state index in [2.05, 4.69) is 30.3 Å². The van der Waals surface area contributed by atoms with Crippen LogP contribution in [-0.4, -0.2) is 40.0 Å². The lowest BCUT2D eigenvalue weighted by Gasteiger charge is -2.11. The topological polar surface area (TPSA) is 106 Å². The van der Waals surface area contributed by atoms with Crippen molar-refractivity contribution in [2.75, 3.05) is 12.4 Å². The highest BCUT2D eigenvalue weighted by Gasteiger charge is 2.32. The number of carbonyl (C=O) groups is 2. The van der Waals surface area contributed by atoms with E-state index in [1.807, 2.05) is 13.0 Å². The predicted octanol–water partition coefficient (Wildman–Crippen LogP) is 4.28. The highest BCUT2D eigenvalue weighted by atomic mass is 32.1. The molecule has 2 heterocycles. The molecule has 12 heteroatoms. The van der Waals surface area contributed by atoms with Crippen molar-refractivity contribution >= 4 is 34.8 Å². The number of rotatable bonds is 8. The summed E-state index contributed by atoms with van der Waals surface area (Å²) in [5.41, 5.74) is 1.18. The molecule has 180 valence electrons. The zero-order valence-corrected chi connectivity index (χ0v) is 19.4. The van der Waals surface area contributed by atoms with Crippen LogP contribution in [0.3, 0.4) is 0 Å². The van der Waals surface area contributed by atoms with Gasteiger partial charge in [-0.3, -0.25) is 4.79 Å². The highest BCUT2D eigenvalue weighted by molar-refractivity contribution is 7.15. The average Bonchev–Trinajstić information content (AvgIpc) is 3.25. The molecule has 0 spiro atoms. The van der Waals surface area contributed by atoms with Gasteiger partial charge in [0.25, 0.3) is 0 Å². The number of anilines is 2. The van der Waals surface area contributed by atoms with Crippen LogP contribution in [0.25, 0.3) is 10.4 Å². The molecular formula is C22H22F3N5O3S. The molecule has 2 aromatic heterocycles. The van der Waals surface area contributed by atoms with Gasteiger partial charge in [-0.2, -0.15) is 13.2 Å². The van der Waals surface area contributed by atoms with Crippen LogP contribution in [0, 0.1) is 6.92 Å². The first-order valence-corrected chi connectivity index (χ1v) is 11.0. The second-order valence-corrected chi connectivity index (χ2v) is 8.52. The van der Waals surface area contributed by atoms with E-state index in [-0.39, 0.29) is 18.3 Å². The minimum absolute atomic E-state index is 0.155. The molecule has 0 saturated carbocycles. The lowest BCUT2D eigenvalue weighted by atomic mass is 10.1. The second kappa shape index (κ2) is 10.6. The Balaban J connectivity index is 1.69. The van der Waals surface area contributed by atoms with Gasteiger partial charge in [-0.1, -0.05) is 6.07 Å². The molecule has 1 amide bonds. The fourth-order valence-corrected chi connectivity index (χ4v) is 3.94. The van der Waals surface area contributed by atoms with E-state index in [0.717, 1.165) is 33.3 Å². The number of halogens is 3. The number of aromatic nitrogens is 3. The summed E-state index contributed by atoms with van der Waals surface area (Å²) in [4.78, 5) is 36.0. The Bertz CT molecular complexity index is 1180. The van der Waals surface area contributed by atoms with Crippen LogP contribution < -0.4 is 10.6 Å². The number of carbonyl (C=O) groups excluding carboxylic acids is 2. The normalized spacial score (nSPS) is 12.2. The molecular weight excluding hydrogens is 471 g/mol. The van der Waals surface area contributed by atoms with Crippen LogP contribution in [0.1, 0.15) is 29.6 Å². The third kappa shape index (κ3) is 6.73. The van der Waals surface area contributed by atoms with Crippen molar-refractivity contribution < 1.29 is 27.5 Å². The minimum atomic E-state index is -4.57. The Morgan fingerprint density at radius 3 is 2.68 bits per heavy atom. The zero-order valence-electron chi connectivity index (χ0n) is 18.6. The maximum Gasteiger partial charge on any atom is 0.433 e. The largest absolute Gasteiger partial charge is 0.467 e. The highest BCUT2D eigenvalue weighted by Crippen LogP contribution is 2.31. The number of nitrogens with one attached hydrogen (secondary N) is 2. The van der Waals surface area contributed by atoms with Gasteiger partial charge in [0.2, 0.25) is 11.9 Å². The number of hydrogen-bond acceptors (Lipinski definition) is 8. The summed E-state index contributed by atoms with van der Waals surface area (Å²) in [7, 11) is 1.25. The summed E-state index contributed by atoms with van der Waals surface area (Å²) in [6.45, 7) is 3.40. The number of nitrogens with zero attached hydrogens (tertiary/aromatic N) is 3. The van der Waals surface area contributed by atoms with Gasteiger partial charge in [0.1, 0.15) is 11.7 Å². The van der Waals surface area contributed by atoms with Gasteiger partial charge in [-0.25, -0.2) is 19.7 Å². The lowest BCUT2D eigenvalue weighted by molar-refractivity contribution is -0.144. The first-order chi connectivity index (χ1) is 16.0. The summed E-state index contributed by atoms with van der Waals surface area (Å²) >= 11 is 1.40. The third-order valence-corrected chi connectivity index (χ3v) is 5.72. The van der Waals surface area contributed by atoms with E-state index < -0.39 is 23.9 Å². The number of amides is 1. The average molecular weight is 494 g/mol. The molecule has 0 saturated heterocycles. The minimum Gasteiger partial charge on any atom is -0.467 e. The summed E-state index contributed by atoms with van der Waals surface area (Å²) in [5.74, 6) is -0.981. The molecule has 0 aliphatic carbocycles. The molecule has 0 aliphatic rings. The molecule has 1 atom stereocenters. The van der Waals surface area contributed by atoms with Crippen LogP contribution in [0.15, 0.2) is 36.7 Å². The van der Waals surface area contributed by atoms with E-state index in [0.29, 0.717) is 12.1 Å². The van der Waals surface area contributed by atoms with Crippen LogP contribution in [-0.2, 0) is 26.9 Å². The number of thiazole rings is 1. The van der Waals surface area contributed by atoms with Crippen molar-refractivity contribution in [3.63, 3.8) is 0 Å². The number of benzene rings is 1. The molecule has 0 fully saturated rings. The van der Waals surface area contributed by atoms with Crippen LogP contribution in [0.5, 0.6) is 0 Å². The molecule has 34 heavy (non-hydrogen) atoms. The summed E-state index contributed by atoms with van der Waals surface area (Å²) in [6.07, 6.45) is -1.30.